The number of rotatable bonds is 7. The zero-order chi connectivity index (χ0) is 17.6. The van der Waals surface area contributed by atoms with E-state index >= 15 is 0 Å². The van der Waals surface area contributed by atoms with Crippen molar-refractivity contribution in [3.05, 3.63) is 41.5 Å². The van der Waals surface area contributed by atoms with Crippen LogP contribution in [0.5, 0.6) is 5.75 Å². The molecule has 0 bridgehead atoms. The molecule has 1 aromatic heterocycles. The van der Waals surface area contributed by atoms with Gasteiger partial charge in [-0.05, 0) is 31.7 Å². The zero-order valence-corrected chi connectivity index (χ0v) is 15.1. The molecule has 0 radical (unpaired) electrons. The van der Waals surface area contributed by atoms with E-state index in [1.54, 1.807) is 7.05 Å². The first kappa shape index (κ1) is 17.3. The topological polar surface area (TPSA) is 76.4 Å². The molecule has 7 heteroatoms. The first-order valence-corrected chi connectivity index (χ1v) is 8.67. The standard InChI is InChI=1S/C18H26N6O/c1-13-22-23-17(24(13)3)11-21-18(19-2)20-10-15-6-4-5-7-16(15)25-12-14-8-9-14/h4-7,14H,8-12H2,1-3H3,(H2,19,20,21). The maximum absolute atomic E-state index is 5.95. The molecule has 0 aliphatic heterocycles. The molecular weight excluding hydrogens is 316 g/mol. The summed E-state index contributed by atoms with van der Waals surface area (Å²) in [5.41, 5.74) is 1.13. The highest BCUT2D eigenvalue weighted by molar-refractivity contribution is 5.79. The summed E-state index contributed by atoms with van der Waals surface area (Å²) in [5.74, 6) is 4.17. The van der Waals surface area contributed by atoms with Crippen molar-refractivity contribution in [3.8, 4) is 5.75 Å². The molecular formula is C18H26N6O. The van der Waals surface area contributed by atoms with Gasteiger partial charge in [0.2, 0.25) is 0 Å². The van der Waals surface area contributed by atoms with E-state index in [1.807, 2.05) is 36.7 Å². The van der Waals surface area contributed by atoms with Gasteiger partial charge in [0, 0.05) is 26.2 Å². The second-order valence-corrected chi connectivity index (χ2v) is 6.36. The van der Waals surface area contributed by atoms with Crippen LogP contribution < -0.4 is 15.4 Å². The van der Waals surface area contributed by atoms with E-state index in [0.29, 0.717) is 13.1 Å². The van der Waals surface area contributed by atoms with E-state index in [1.165, 1.54) is 12.8 Å². The fourth-order valence-electron chi connectivity index (χ4n) is 2.45. The van der Waals surface area contributed by atoms with Crippen molar-refractivity contribution in [2.45, 2.75) is 32.9 Å². The minimum Gasteiger partial charge on any atom is -0.493 e. The Kier molecular flexibility index (Phi) is 5.53. The lowest BCUT2D eigenvalue weighted by Crippen LogP contribution is -2.37. The summed E-state index contributed by atoms with van der Waals surface area (Å²) >= 11 is 0. The molecule has 0 spiro atoms. The monoisotopic (exact) mass is 342 g/mol. The van der Waals surface area contributed by atoms with Crippen LogP contribution in [0.1, 0.15) is 30.1 Å². The molecule has 0 unspecified atom stereocenters. The van der Waals surface area contributed by atoms with Crippen LogP contribution in [0.25, 0.3) is 0 Å². The number of aliphatic imine (C=N–C) groups is 1. The predicted octanol–water partition coefficient (Wildman–Crippen LogP) is 1.78. The first-order chi connectivity index (χ1) is 12.2. The van der Waals surface area contributed by atoms with Crippen LogP contribution in [0.2, 0.25) is 0 Å². The van der Waals surface area contributed by atoms with Crippen molar-refractivity contribution >= 4 is 5.96 Å². The summed E-state index contributed by atoms with van der Waals surface area (Å²) in [6.45, 7) is 3.97. The third-order valence-corrected chi connectivity index (χ3v) is 4.41. The van der Waals surface area contributed by atoms with E-state index in [9.17, 15) is 0 Å². The quantitative estimate of drug-likeness (QED) is 0.592. The van der Waals surface area contributed by atoms with Crippen LogP contribution in [0.4, 0.5) is 0 Å². The number of benzene rings is 1. The van der Waals surface area contributed by atoms with Crippen molar-refractivity contribution in [1.82, 2.24) is 25.4 Å². The smallest absolute Gasteiger partial charge is 0.191 e. The highest BCUT2D eigenvalue weighted by Crippen LogP contribution is 2.30. The van der Waals surface area contributed by atoms with Gasteiger partial charge in [-0.1, -0.05) is 18.2 Å². The molecule has 1 heterocycles. The Balaban J connectivity index is 1.53. The molecule has 0 saturated heterocycles. The summed E-state index contributed by atoms with van der Waals surface area (Å²) in [6.07, 6.45) is 2.58. The second-order valence-electron chi connectivity index (χ2n) is 6.36. The minimum absolute atomic E-state index is 0.566. The second kappa shape index (κ2) is 8.00. The average Bonchev–Trinajstić information content (AvgIpc) is 3.41. The summed E-state index contributed by atoms with van der Waals surface area (Å²) in [4.78, 5) is 4.26. The Morgan fingerprint density at radius 2 is 2.00 bits per heavy atom. The van der Waals surface area contributed by atoms with Gasteiger partial charge in [-0.2, -0.15) is 0 Å². The van der Waals surface area contributed by atoms with Gasteiger partial charge in [-0.3, -0.25) is 4.99 Å². The lowest BCUT2D eigenvalue weighted by Gasteiger charge is -2.14. The minimum atomic E-state index is 0.566. The molecule has 2 aromatic rings. The molecule has 0 amide bonds. The maximum atomic E-state index is 5.95. The number of aromatic nitrogens is 3. The van der Waals surface area contributed by atoms with Crippen molar-refractivity contribution in [3.63, 3.8) is 0 Å². The van der Waals surface area contributed by atoms with Gasteiger partial charge in [0.05, 0.1) is 13.2 Å². The van der Waals surface area contributed by atoms with Crippen LogP contribution in [0.3, 0.4) is 0 Å². The maximum Gasteiger partial charge on any atom is 0.191 e. The van der Waals surface area contributed by atoms with Crippen LogP contribution in [-0.4, -0.2) is 34.4 Å². The third kappa shape index (κ3) is 4.71. The van der Waals surface area contributed by atoms with Crippen molar-refractivity contribution < 1.29 is 4.74 Å². The number of nitrogens with one attached hydrogen (secondary N) is 2. The molecule has 1 aliphatic rings. The fourth-order valence-corrected chi connectivity index (χ4v) is 2.45. The lowest BCUT2D eigenvalue weighted by molar-refractivity contribution is 0.296. The van der Waals surface area contributed by atoms with Crippen molar-refractivity contribution in [1.29, 1.82) is 0 Å². The lowest BCUT2D eigenvalue weighted by atomic mass is 10.2. The molecule has 25 heavy (non-hydrogen) atoms. The highest BCUT2D eigenvalue weighted by Gasteiger charge is 2.22. The Bertz CT molecular complexity index is 735. The molecule has 2 N–H and O–H groups in total. The number of hydrogen-bond acceptors (Lipinski definition) is 4. The molecule has 3 rings (SSSR count). The van der Waals surface area contributed by atoms with Gasteiger partial charge >= 0.3 is 0 Å². The number of hydrogen-bond donors (Lipinski definition) is 2. The van der Waals surface area contributed by atoms with Crippen molar-refractivity contribution in [2.24, 2.45) is 18.0 Å². The van der Waals surface area contributed by atoms with E-state index in [2.05, 4.69) is 31.9 Å². The van der Waals surface area contributed by atoms with Crippen LogP contribution in [0.15, 0.2) is 29.3 Å². The van der Waals surface area contributed by atoms with E-state index < -0.39 is 0 Å². The average molecular weight is 342 g/mol. The van der Waals surface area contributed by atoms with Gasteiger partial charge in [0.25, 0.3) is 0 Å². The summed E-state index contributed by atoms with van der Waals surface area (Å²) in [6, 6.07) is 8.14. The number of guanidine groups is 1. The van der Waals surface area contributed by atoms with Crippen molar-refractivity contribution in [2.75, 3.05) is 13.7 Å². The van der Waals surface area contributed by atoms with Gasteiger partial charge in [0.15, 0.2) is 11.8 Å². The number of para-hydroxylation sites is 1. The van der Waals surface area contributed by atoms with Crippen LogP contribution >= 0.6 is 0 Å². The van der Waals surface area contributed by atoms with E-state index in [0.717, 1.165) is 41.4 Å². The summed E-state index contributed by atoms with van der Waals surface area (Å²) in [5, 5.41) is 14.8. The van der Waals surface area contributed by atoms with Crippen LogP contribution in [-0.2, 0) is 20.1 Å². The molecule has 1 fully saturated rings. The Labute approximate surface area is 148 Å². The SMILES string of the molecule is CN=C(NCc1ccccc1OCC1CC1)NCc1nnc(C)n1C. The fraction of sp³-hybridized carbons (Fsp3) is 0.500. The predicted molar refractivity (Wildman–Crippen MR) is 97.4 cm³/mol. The molecule has 1 aliphatic carbocycles. The van der Waals surface area contributed by atoms with Gasteiger partial charge in [-0.15, -0.1) is 10.2 Å². The Morgan fingerprint density at radius 1 is 1.24 bits per heavy atom. The van der Waals surface area contributed by atoms with Gasteiger partial charge in [-0.25, -0.2) is 0 Å². The first-order valence-electron chi connectivity index (χ1n) is 8.67. The number of nitrogens with zero attached hydrogens (tertiary/aromatic N) is 4. The number of ether oxygens (including phenoxy) is 1. The largest absolute Gasteiger partial charge is 0.493 e. The molecule has 0 atom stereocenters. The van der Waals surface area contributed by atoms with E-state index in [-0.39, 0.29) is 0 Å². The van der Waals surface area contributed by atoms with E-state index in [4.69, 9.17) is 4.74 Å². The third-order valence-electron chi connectivity index (χ3n) is 4.41. The van der Waals surface area contributed by atoms with Gasteiger partial charge < -0.3 is 19.9 Å². The molecule has 7 nitrogen and oxygen atoms in total. The molecule has 1 aromatic carbocycles. The normalized spacial score (nSPS) is 14.4. The highest BCUT2D eigenvalue weighted by atomic mass is 16.5. The summed E-state index contributed by atoms with van der Waals surface area (Å²) < 4.78 is 7.91. The number of aryl methyl sites for hydroxylation is 1. The molecule has 134 valence electrons. The van der Waals surface area contributed by atoms with Crippen LogP contribution in [0, 0.1) is 12.8 Å². The Hall–Kier alpha value is -2.57. The van der Waals surface area contributed by atoms with Gasteiger partial charge in [0.1, 0.15) is 11.6 Å². The molecule has 1 saturated carbocycles. The summed E-state index contributed by atoms with van der Waals surface area (Å²) in [7, 11) is 3.71. The Morgan fingerprint density at radius 3 is 2.68 bits per heavy atom. The zero-order valence-electron chi connectivity index (χ0n) is 15.1.